The highest BCUT2D eigenvalue weighted by atomic mass is 15.2. The van der Waals surface area contributed by atoms with Crippen LogP contribution in [0.3, 0.4) is 0 Å². The molecule has 1 heterocycles. The van der Waals surface area contributed by atoms with Gasteiger partial charge in [0, 0.05) is 38.4 Å². The van der Waals surface area contributed by atoms with Crippen molar-refractivity contribution in [2.24, 2.45) is 7.05 Å². The Morgan fingerprint density at radius 3 is 2.89 bits per heavy atom. The van der Waals surface area contributed by atoms with Gasteiger partial charge in [0.2, 0.25) is 0 Å². The van der Waals surface area contributed by atoms with Gasteiger partial charge in [-0.3, -0.25) is 4.90 Å². The van der Waals surface area contributed by atoms with Crippen LogP contribution in [0.2, 0.25) is 0 Å². The molecule has 2 rings (SSSR count). The van der Waals surface area contributed by atoms with Crippen LogP contribution in [0.1, 0.15) is 31.0 Å². The third-order valence-corrected chi connectivity index (χ3v) is 3.76. The zero-order valence-corrected chi connectivity index (χ0v) is 11.5. The van der Waals surface area contributed by atoms with Crippen molar-refractivity contribution >= 4 is 0 Å². The van der Waals surface area contributed by atoms with Crippen LogP contribution in [-0.4, -0.2) is 35.1 Å². The first kappa shape index (κ1) is 13.1. The van der Waals surface area contributed by atoms with E-state index in [0.29, 0.717) is 6.04 Å². The molecule has 0 aromatic carbocycles. The summed E-state index contributed by atoms with van der Waals surface area (Å²) in [7, 11) is 4.12. The lowest BCUT2D eigenvalue weighted by Crippen LogP contribution is -2.38. The molecule has 1 aromatic heterocycles. The number of nitrogens with one attached hydrogen (secondary N) is 1. The summed E-state index contributed by atoms with van der Waals surface area (Å²) < 4.78 is 1.87. The largest absolute Gasteiger partial charge is 0.342 e. The van der Waals surface area contributed by atoms with Gasteiger partial charge in [0.25, 0.3) is 0 Å². The lowest BCUT2D eigenvalue weighted by Gasteiger charge is -2.24. The smallest absolute Gasteiger partial charge is 0.120 e. The highest BCUT2D eigenvalue weighted by Crippen LogP contribution is 2.26. The summed E-state index contributed by atoms with van der Waals surface area (Å²) in [5.74, 6) is 0. The van der Waals surface area contributed by atoms with Crippen molar-refractivity contribution in [3.63, 3.8) is 0 Å². The fourth-order valence-corrected chi connectivity index (χ4v) is 2.25. The lowest BCUT2D eigenvalue weighted by atomic mass is 10.2. The molecule has 1 N–H and O–H groups in total. The first-order chi connectivity index (χ1) is 8.61. The van der Waals surface area contributed by atoms with Gasteiger partial charge in [-0.1, -0.05) is 0 Å². The van der Waals surface area contributed by atoms with Crippen molar-refractivity contribution in [1.29, 1.82) is 5.26 Å². The predicted octanol–water partition coefficient (Wildman–Crippen LogP) is 1.47. The number of aryl methyl sites for hydroxylation is 1. The Morgan fingerprint density at radius 1 is 1.61 bits per heavy atom. The minimum atomic E-state index is 0.566. The zero-order chi connectivity index (χ0) is 13.1. The second-order valence-corrected chi connectivity index (χ2v) is 5.33. The molecule has 1 atom stereocenters. The van der Waals surface area contributed by atoms with E-state index in [4.69, 9.17) is 5.26 Å². The molecular formula is C14H22N4. The summed E-state index contributed by atoms with van der Waals surface area (Å²) in [5.41, 5.74) is 1.89. The minimum absolute atomic E-state index is 0.566. The normalized spacial score (nSPS) is 16.8. The zero-order valence-electron chi connectivity index (χ0n) is 11.5. The monoisotopic (exact) mass is 246 g/mol. The molecule has 0 bridgehead atoms. The van der Waals surface area contributed by atoms with Crippen molar-refractivity contribution in [2.75, 3.05) is 13.6 Å². The number of hydrogen-bond donors (Lipinski definition) is 1. The fraction of sp³-hybridized carbons (Fsp3) is 0.643. The second kappa shape index (κ2) is 5.55. The Bertz CT molecular complexity index is 439. The number of aromatic nitrogens is 1. The first-order valence-electron chi connectivity index (χ1n) is 6.60. The van der Waals surface area contributed by atoms with E-state index in [2.05, 4.69) is 30.3 Å². The first-order valence-corrected chi connectivity index (χ1v) is 6.60. The van der Waals surface area contributed by atoms with E-state index in [1.165, 1.54) is 18.4 Å². The summed E-state index contributed by atoms with van der Waals surface area (Å²) in [6, 6.07) is 5.51. The Kier molecular flexibility index (Phi) is 4.05. The maximum atomic E-state index is 8.89. The predicted molar refractivity (Wildman–Crippen MR) is 72.1 cm³/mol. The van der Waals surface area contributed by atoms with Crippen molar-refractivity contribution in [2.45, 2.75) is 38.4 Å². The van der Waals surface area contributed by atoms with Crippen molar-refractivity contribution in [1.82, 2.24) is 14.8 Å². The SMILES string of the molecule is CC(CNCc1cc(C#N)n(C)c1)N(C)C1CC1. The van der Waals surface area contributed by atoms with Crippen molar-refractivity contribution in [3.05, 3.63) is 23.5 Å². The Hall–Kier alpha value is -1.31. The standard InChI is InChI=1S/C14H22N4/c1-11(18(3)13-4-5-13)8-16-9-12-6-14(7-15)17(2)10-12/h6,10-11,13,16H,4-5,8-9H2,1-3H3. The number of nitrogens with zero attached hydrogens (tertiary/aromatic N) is 3. The summed E-state index contributed by atoms with van der Waals surface area (Å²) in [5, 5.41) is 12.4. The summed E-state index contributed by atoms with van der Waals surface area (Å²) >= 11 is 0. The summed E-state index contributed by atoms with van der Waals surface area (Å²) in [4.78, 5) is 2.46. The molecule has 1 aliphatic rings. The molecule has 1 aromatic rings. The second-order valence-electron chi connectivity index (χ2n) is 5.33. The third-order valence-electron chi connectivity index (χ3n) is 3.76. The van der Waals surface area contributed by atoms with E-state index >= 15 is 0 Å². The van der Waals surface area contributed by atoms with E-state index in [9.17, 15) is 0 Å². The van der Waals surface area contributed by atoms with Crippen molar-refractivity contribution in [3.8, 4) is 6.07 Å². The van der Waals surface area contributed by atoms with Gasteiger partial charge in [-0.25, -0.2) is 0 Å². The summed E-state index contributed by atoms with van der Waals surface area (Å²) in [6.07, 6.45) is 4.72. The van der Waals surface area contributed by atoms with Crippen LogP contribution in [0.25, 0.3) is 0 Å². The van der Waals surface area contributed by atoms with E-state index < -0.39 is 0 Å². The molecule has 0 radical (unpaired) electrons. The number of likely N-dealkylation sites (N-methyl/N-ethyl adjacent to an activating group) is 1. The van der Waals surface area contributed by atoms with Gasteiger partial charge in [-0.2, -0.15) is 5.26 Å². The van der Waals surface area contributed by atoms with E-state index in [-0.39, 0.29) is 0 Å². The van der Waals surface area contributed by atoms with E-state index in [1.54, 1.807) is 0 Å². The van der Waals surface area contributed by atoms with Crippen LogP contribution < -0.4 is 5.32 Å². The van der Waals surface area contributed by atoms with Crippen LogP contribution >= 0.6 is 0 Å². The Balaban J connectivity index is 1.75. The topological polar surface area (TPSA) is 44.0 Å². The maximum Gasteiger partial charge on any atom is 0.120 e. The average Bonchev–Trinajstić information content (AvgIpc) is 3.13. The molecule has 1 saturated carbocycles. The maximum absolute atomic E-state index is 8.89. The minimum Gasteiger partial charge on any atom is -0.342 e. The van der Waals surface area contributed by atoms with Gasteiger partial charge in [0.15, 0.2) is 0 Å². The summed E-state index contributed by atoms with van der Waals surface area (Å²) in [6.45, 7) is 4.08. The lowest BCUT2D eigenvalue weighted by molar-refractivity contribution is 0.241. The molecule has 0 saturated heterocycles. The van der Waals surface area contributed by atoms with E-state index in [0.717, 1.165) is 24.8 Å². The van der Waals surface area contributed by atoms with Gasteiger partial charge in [0.05, 0.1) is 0 Å². The Morgan fingerprint density at radius 2 is 2.33 bits per heavy atom. The molecule has 1 fully saturated rings. The molecule has 4 heteroatoms. The van der Waals surface area contributed by atoms with Crippen molar-refractivity contribution < 1.29 is 0 Å². The van der Waals surface area contributed by atoms with Crippen LogP contribution in [-0.2, 0) is 13.6 Å². The van der Waals surface area contributed by atoms with E-state index in [1.807, 2.05) is 23.9 Å². The molecule has 18 heavy (non-hydrogen) atoms. The quantitative estimate of drug-likeness (QED) is 0.826. The van der Waals surface area contributed by atoms with Crippen LogP contribution in [0, 0.1) is 11.3 Å². The highest BCUT2D eigenvalue weighted by Gasteiger charge is 2.28. The molecule has 1 aliphatic carbocycles. The Labute approximate surface area is 109 Å². The van der Waals surface area contributed by atoms with Gasteiger partial charge < -0.3 is 9.88 Å². The number of rotatable bonds is 6. The number of hydrogen-bond acceptors (Lipinski definition) is 3. The molecule has 1 unspecified atom stereocenters. The number of nitriles is 1. The van der Waals surface area contributed by atoms with Gasteiger partial charge in [-0.05, 0) is 38.4 Å². The molecule has 4 nitrogen and oxygen atoms in total. The molecule has 98 valence electrons. The van der Waals surface area contributed by atoms with Crippen LogP contribution in [0.15, 0.2) is 12.3 Å². The molecule has 0 amide bonds. The molecule has 0 aliphatic heterocycles. The molecule has 0 spiro atoms. The fourth-order valence-electron chi connectivity index (χ4n) is 2.25. The van der Waals surface area contributed by atoms with Gasteiger partial charge in [-0.15, -0.1) is 0 Å². The highest BCUT2D eigenvalue weighted by molar-refractivity contribution is 5.28. The van der Waals surface area contributed by atoms with Gasteiger partial charge >= 0.3 is 0 Å². The van der Waals surface area contributed by atoms with Crippen LogP contribution in [0.4, 0.5) is 0 Å². The van der Waals surface area contributed by atoms with Crippen LogP contribution in [0.5, 0.6) is 0 Å². The molecular weight excluding hydrogens is 224 g/mol. The third kappa shape index (κ3) is 3.12. The van der Waals surface area contributed by atoms with Gasteiger partial charge in [0.1, 0.15) is 11.8 Å². The average molecular weight is 246 g/mol.